The van der Waals surface area contributed by atoms with Crippen LogP contribution in [-0.4, -0.2) is 60.1 Å². The van der Waals surface area contributed by atoms with E-state index in [2.05, 4.69) is 9.97 Å². The van der Waals surface area contributed by atoms with Crippen molar-refractivity contribution in [2.75, 3.05) is 24.5 Å². The van der Waals surface area contributed by atoms with Crippen molar-refractivity contribution in [3.05, 3.63) is 47.9 Å². The molecule has 0 aliphatic carbocycles. The summed E-state index contributed by atoms with van der Waals surface area (Å²) in [5.41, 5.74) is -1.25. The van der Waals surface area contributed by atoms with Gasteiger partial charge in [-0.2, -0.15) is 18.4 Å². The summed E-state index contributed by atoms with van der Waals surface area (Å²) in [4.78, 5) is 23.2. The topological polar surface area (TPSA) is 107 Å². The number of amides is 1. The molecular weight excluding hydrogens is 459 g/mol. The third kappa shape index (κ3) is 4.78. The van der Waals surface area contributed by atoms with Crippen molar-refractivity contribution in [1.82, 2.24) is 14.9 Å². The minimum atomic E-state index is -4.85. The number of sulfone groups is 1. The van der Waals surface area contributed by atoms with Gasteiger partial charge in [0, 0.05) is 25.8 Å². The smallest absolute Gasteiger partial charge is 0.343 e. The third-order valence-corrected chi connectivity index (χ3v) is 7.78. The average Bonchev–Trinajstić information content (AvgIpc) is 3.26. The Labute approximate surface area is 189 Å². The number of likely N-dealkylation sites (N-methyl/N-ethyl adjacent to an activating group) is 1. The Hall–Kier alpha value is -3.20. The number of rotatable bonds is 6. The zero-order chi connectivity index (χ0) is 24.4. The Balaban J connectivity index is 2.07. The summed E-state index contributed by atoms with van der Waals surface area (Å²) in [7, 11) is -4.46. The van der Waals surface area contributed by atoms with Gasteiger partial charge in [-0.15, -0.1) is 0 Å². The van der Waals surface area contributed by atoms with E-state index in [0.717, 1.165) is 18.2 Å². The number of carbonyl (C=O) groups is 1. The number of nitriles is 1. The van der Waals surface area contributed by atoms with Crippen LogP contribution in [0.2, 0.25) is 0 Å². The summed E-state index contributed by atoms with van der Waals surface area (Å²) in [6, 6.07) is 6.26. The van der Waals surface area contributed by atoms with E-state index in [0.29, 0.717) is 13.1 Å². The lowest BCUT2D eigenvalue weighted by molar-refractivity contribution is -0.140. The molecule has 1 aromatic heterocycles. The van der Waals surface area contributed by atoms with E-state index in [4.69, 9.17) is 5.26 Å². The first-order valence-electron chi connectivity index (χ1n) is 10.2. The van der Waals surface area contributed by atoms with Gasteiger partial charge in [0.2, 0.25) is 11.7 Å². The molecule has 33 heavy (non-hydrogen) atoms. The summed E-state index contributed by atoms with van der Waals surface area (Å²) in [6.45, 7) is 4.04. The molecule has 1 amide bonds. The van der Waals surface area contributed by atoms with Gasteiger partial charge in [-0.1, -0.05) is 12.1 Å². The summed E-state index contributed by atoms with van der Waals surface area (Å²) in [6.07, 6.45) is -3.76. The van der Waals surface area contributed by atoms with Crippen LogP contribution in [0.1, 0.15) is 31.7 Å². The fourth-order valence-electron chi connectivity index (χ4n) is 3.95. The van der Waals surface area contributed by atoms with Crippen molar-refractivity contribution in [3.8, 4) is 6.07 Å². The normalized spacial score (nSPS) is 18.7. The SMILES string of the molecule is CCN(CC)C(=O)C1C[C@H](S(=O)(=O)c2ccccc2C(F)(F)F)CN1c1ccnc(C#N)n1. The second-order valence-electron chi connectivity index (χ2n) is 7.43. The first-order chi connectivity index (χ1) is 15.5. The van der Waals surface area contributed by atoms with Gasteiger partial charge in [0.05, 0.1) is 15.7 Å². The van der Waals surface area contributed by atoms with Crippen LogP contribution in [-0.2, 0) is 20.8 Å². The molecular formula is C21H22F3N5O3S. The number of halogens is 3. The van der Waals surface area contributed by atoms with E-state index < -0.39 is 37.8 Å². The quantitative estimate of drug-likeness (QED) is 0.624. The lowest BCUT2D eigenvalue weighted by Crippen LogP contribution is -2.46. The highest BCUT2D eigenvalue weighted by Crippen LogP contribution is 2.38. The van der Waals surface area contributed by atoms with Gasteiger partial charge in [-0.25, -0.2) is 18.4 Å². The number of hydrogen-bond acceptors (Lipinski definition) is 7. The first-order valence-corrected chi connectivity index (χ1v) is 11.8. The van der Waals surface area contributed by atoms with Crippen molar-refractivity contribution < 1.29 is 26.4 Å². The van der Waals surface area contributed by atoms with Crippen LogP contribution in [0.4, 0.5) is 19.0 Å². The Morgan fingerprint density at radius 3 is 2.52 bits per heavy atom. The van der Waals surface area contributed by atoms with Gasteiger partial charge < -0.3 is 9.80 Å². The molecule has 1 unspecified atom stereocenters. The largest absolute Gasteiger partial charge is 0.417 e. The molecule has 2 atom stereocenters. The van der Waals surface area contributed by atoms with Crippen LogP contribution in [0, 0.1) is 11.3 Å². The molecule has 2 heterocycles. The van der Waals surface area contributed by atoms with Crippen molar-refractivity contribution in [1.29, 1.82) is 5.26 Å². The standard InChI is InChI=1S/C21H22F3N5O3S/c1-3-28(4-2)20(30)16-11-14(13-29(16)19-9-10-26-18(12-25)27-19)33(31,32)17-8-6-5-7-15(17)21(22,23)24/h5-10,14,16H,3-4,11,13H2,1-2H3/t14-,16?/m0/s1. The Morgan fingerprint density at radius 1 is 1.24 bits per heavy atom. The first kappa shape index (κ1) is 24.4. The maximum atomic E-state index is 13.5. The van der Waals surface area contributed by atoms with Gasteiger partial charge in [0.1, 0.15) is 17.9 Å². The van der Waals surface area contributed by atoms with Crippen LogP contribution >= 0.6 is 0 Å². The predicted molar refractivity (Wildman–Crippen MR) is 113 cm³/mol. The zero-order valence-electron chi connectivity index (χ0n) is 18.0. The Morgan fingerprint density at radius 2 is 1.91 bits per heavy atom. The van der Waals surface area contributed by atoms with E-state index in [1.165, 1.54) is 28.1 Å². The molecule has 2 aromatic rings. The molecule has 0 N–H and O–H groups in total. The van der Waals surface area contributed by atoms with Gasteiger partial charge in [0.25, 0.3) is 0 Å². The monoisotopic (exact) mass is 481 g/mol. The van der Waals surface area contributed by atoms with Crippen molar-refractivity contribution in [2.45, 2.75) is 42.6 Å². The maximum Gasteiger partial charge on any atom is 0.417 e. The number of nitrogens with zero attached hydrogens (tertiary/aromatic N) is 5. The minimum Gasteiger partial charge on any atom is -0.343 e. The van der Waals surface area contributed by atoms with Crippen molar-refractivity contribution in [3.63, 3.8) is 0 Å². The highest BCUT2D eigenvalue weighted by atomic mass is 32.2. The molecule has 0 radical (unpaired) electrons. The summed E-state index contributed by atoms with van der Waals surface area (Å²) in [5, 5.41) is 7.82. The van der Waals surface area contributed by atoms with Crippen LogP contribution < -0.4 is 4.90 Å². The zero-order valence-corrected chi connectivity index (χ0v) is 18.8. The van der Waals surface area contributed by atoms with E-state index >= 15 is 0 Å². The number of carbonyl (C=O) groups excluding carboxylic acids is 1. The second-order valence-corrected chi connectivity index (χ2v) is 9.62. The fourth-order valence-corrected chi connectivity index (χ4v) is 5.86. The number of alkyl halides is 3. The second kappa shape index (κ2) is 9.35. The van der Waals surface area contributed by atoms with Gasteiger partial charge in [0.15, 0.2) is 9.84 Å². The molecule has 1 aliphatic rings. The van der Waals surface area contributed by atoms with E-state index in [9.17, 15) is 26.4 Å². The highest BCUT2D eigenvalue weighted by molar-refractivity contribution is 7.92. The summed E-state index contributed by atoms with van der Waals surface area (Å²) < 4.78 is 67.2. The molecule has 0 saturated carbocycles. The molecule has 8 nitrogen and oxygen atoms in total. The fraction of sp³-hybridized carbons (Fsp3) is 0.429. The molecule has 1 aliphatic heterocycles. The number of anilines is 1. The summed E-state index contributed by atoms with van der Waals surface area (Å²) >= 11 is 0. The van der Waals surface area contributed by atoms with Gasteiger partial charge in [-0.3, -0.25) is 4.79 Å². The Kier molecular flexibility index (Phi) is 6.92. The van der Waals surface area contributed by atoms with E-state index in [-0.39, 0.29) is 30.5 Å². The molecule has 12 heteroatoms. The highest BCUT2D eigenvalue weighted by Gasteiger charge is 2.47. The molecule has 176 valence electrons. The molecule has 1 saturated heterocycles. The van der Waals surface area contributed by atoms with Crippen molar-refractivity contribution >= 4 is 21.6 Å². The number of aromatic nitrogens is 2. The number of hydrogen-bond donors (Lipinski definition) is 0. The van der Waals surface area contributed by atoms with Crippen LogP contribution in [0.5, 0.6) is 0 Å². The van der Waals surface area contributed by atoms with Gasteiger partial charge in [-0.05, 0) is 38.5 Å². The minimum absolute atomic E-state index is 0.161. The lowest BCUT2D eigenvalue weighted by Gasteiger charge is -2.29. The van der Waals surface area contributed by atoms with Crippen LogP contribution in [0.3, 0.4) is 0 Å². The Bertz CT molecular complexity index is 1180. The van der Waals surface area contributed by atoms with E-state index in [1.807, 2.05) is 0 Å². The maximum absolute atomic E-state index is 13.5. The van der Waals surface area contributed by atoms with E-state index in [1.54, 1.807) is 19.9 Å². The lowest BCUT2D eigenvalue weighted by atomic mass is 10.2. The molecule has 0 bridgehead atoms. The van der Waals surface area contributed by atoms with Crippen LogP contribution in [0.15, 0.2) is 41.4 Å². The van der Waals surface area contributed by atoms with Crippen LogP contribution in [0.25, 0.3) is 0 Å². The van der Waals surface area contributed by atoms with Crippen molar-refractivity contribution in [2.24, 2.45) is 0 Å². The third-order valence-electron chi connectivity index (χ3n) is 5.60. The predicted octanol–water partition coefficient (Wildman–Crippen LogP) is 2.66. The molecule has 1 fully saturated rings. The average molecular weight is 482 g/mol. The molecule has 1 aromatic carbocycles. The van der Waals surface area contributed by atoms with Gasteiger partial charge >= 0.3 is 6.18 Å². The number of benzene rings is 1. The molecule has 0 spiro atoms. The summed E-state index contributed by atoms with van der Waals surface area (Å²) in [5.74, 6) is -0.372. The molecule has 3 rings (SSSR count).